The zero-order chi connectivity index (χ0) is 29.1. The summed E-state index contributed by atoms with van der Waals surface area (Å²) >= 11 is 0.887. The van der Waals surface area contributed by atoms with Gasteiger partial charge in [-0.3, -0.25) is 9.29 Å². The third-order valence-electron chi connectivity index (χ3n) is 6.21. The number of anilines is 1. The first-order chi connectivity index (χ1) is 19.6. The average molecular weight is 579 g/mol. The van der Waals surface area contributed by atoms with Gasteiger partial charge < -0.3 is 10.1 Å². The van der Waals surface area contributed by atoms with Crippen LogP contribution in [0.2, 0.25) is 0 Å². The number of carbonyl (C=O) groups is 1. The lowest BCUT2D eigenvalue weighted by Crippen LogP contribution is -2.23. The minimum atomic E-state index is -4.75. The molecule has 8 nitrogen and oxygen atoms in total. The number of urea groups is 1. The molecule has 0 aliphatic heterocycles. The number of imidazole rings is 1. The Morgan fingerprint density at radius 1 is 1.07 bits per heavy atom. The van der Waals surface area contributed by atoms with Crippen LogP contribution in [0.5, 0.6) is 5.75 Å². The van der Waals surface area contributed by atoms with Crippen LogP contribution in [0.1, 0.15) is 36.6 Å². The molecule has 5 rings (SSSR count). The molecule has 2 heterocycles. The Kier molecular flexibility index (Phi) is 7.84. The molecule has 0 aliphatic rings. The number of halogens is 3. The van der Waals surface area contributed by atoms with Crippen molar-refractivity contribution in [3.8, 4) is 11.4 Å². The van der Waals surface area contributed by atoms with E-state index >= 15 is 0 Å². The largest absolute Gasteiger partial charge is 0.573 e. The molecule has 2 N–H and O–H groups in total. The van der Waals surface area contributed by atoms with Crippen molar-refractivity contribution in [2.24, 2.45) is 4.40 Å². The van der Waals surface area contributed by atoms with Crippen LogP contribution in [0.3, 0.4) is 0 Å². The molecule has 5 aromatic rings. The first-order valence-corrected chi connectivity index (χ1v) is 13.3. The number of benzene rings is 3. The molecule has 0 atom stereocenters. The summed E-state index contributed by atoms with van der Waals surface area (Å²) in [6, 6.07) is 18.5. The fourth-order valence-electron chi connectivity index (χ4n) is 4.36. The third-order valence-corrected chi connectivity index (χ3v) is 6.70. The molecule has 0 saturated carbocycles. The lowest BCUT2D eigenvalue weighted by Gasteiger charge is -2.14. The van der Waals surface area contributed by atoms with Crippen molar-refractivity contribution in [2.45, 2.75) is 33.1 Å². The van der Waals surface area contributed by atoms with E-state index in [1.54, 1.807) is 23.2 Å². The van der Waals surface area contributed by atoms with Crippen LogP contribution >= 0.6 is 12.1 Å². The third kappa shape index (κ3) is 6.60. The predicted octanol–water partition coefficient (Wildman–Crippen LogP) is 7.71. The SMILES string of the molecule is Cc1ccc(C(C)C)c(NC(=O)NS/N=C/c2ccc3c(ccc4c3ncn4-c3ccc(OC(F)(F)F)cc3)n2)c1. The van der Waals surface area contributed by atoms with Gasteiger partial charge in [-0.05, 0) is 78.6 Å². The zero-order valence-electron chi connectivity index (χ0n) is 22.2. The second-order valence-corrected chi connectivity index (χ2v) is 10.1. The number of hydrogen-bond acceptors (Lipinski definition) is 6. The van der Waals surface area contributed by atoms with Crippen LogP contribution in [0, 0.1) is 6.92 Å². The molecule has 0 bridgehead atoms. The number of alkyl halides is 3. The second-order valence-electron chi connectivity index (χ2n) is 9.52. The number of ether oxygens (including phenoxy) is 1. The standard InChI is InChI=1S/C29H25F3N6O2S/c1-17(2)22-10-4-18(3)14-25(22)36-28(39)37-41-34-15-19-5-11-23-24(35-19)12-13-26-27(23)33-16-38(26)20-6-8-21(9-7-20)40-29(30,31)32/h4-17H,1-3H3,(H2,36,37,39)/b34-15+. The van der Waals surface area contributed by atoms with E-state index in [-0.39, 0.29) is 17.7 Å². The number of rotatable bonds is 7. The molecular formula is C29H25F3N6O2S. The number of nitrogens with one attached hydrogen (secondary N) is 2. The summed E-state index contributed by atoms with van der Waals surface area (Å²) in [5, 5.41) is 3.68. The smallest absolute Gasteiger partial charge is 0.406 e. The van der Waals surface area contributed by atoms with Crippen LogP contribution in [-0.2, 0) is 0 Å². The maximum absolute atomic E-state index is 12.5. The molecule has 41 heavy (non-hydrogen) atoms. The fourth-order valence-corrected chi connectivity index (χ4v) is 4.71. The molecule has 3 aromatic carbocycles. The van der Waals surface area contributed by atoms with Gasteiger partial charge in [0.05, 0.1) is 40.6 Å². The molecule has 0 spiro atoms. The number of fused-ring (bicyclic) bond motifs is 3. The minimum Gasteiger partial charge on any atom is -0.406 e. The molecule has 210 valence electrons. The molecule has 12 heteroatoms. The lowest BCUT2D eigenvalue weighted by atomic mass is 9.99. The number of nitrogens with zero attached hydrogens (tertiary/aromatic N) is 4. The normalized spacial score (nSPS) is 12.0. The molecular weight excluding hydrogens is 553 g/mol. The summed E-state index contributed by atoms with van der Waals surface area (Å²) in [5.41, 5.74) is 6.24. The van der Waals surface area contributed by atoms with Gasteiger partial charge in [0, 0.05) is 16.8 Å². The highest BCUT2D eigenvalue weighted by Gasteiger charge is 2.31. The van der Waals surface area contributed by atoms with Gasteiger partial charge in [0.1, 0.15) is 12.1 Å². The van der Waals surface area contributed by atoms with Crippen molar-refractivity contribution in [1.82, 2.24) is 19.3 Å². The maximum atomic E-state index is 12.5. The van der Waals surface area contributed by atoms with E-state index in [1.165, 1.54) is 24.3 Å². The molecule has 2 aromatic heterocycles. The minimum absolute atomic E-state index is 0.263. The Hall–Kier alpha value is -4.58. The van der Waals surface area contributed by atoms with Crippen molar-refractivity contribution in [3.63, 3.8) is 0 Å². The van der Waals surface area contributed by atoms with E-state index < -0.39 is 6.36 Å². The first kappa shape index (κ1) is 28.0. The van der Waals surface area contributed by atoms with Crippen molar-refractivity contribution in [1.29, 1.82) is 0 Å². The van der Waals surface area contributed by atoms with Crippen LogP contribution in [0.25, 0.3) is 27.6 Å². The van der Waals surface area contributed by atoms with Crippen LogP contribution in [0.15, 0.2) is 77.5 Å². The topological polar surface area (TPSA) is 93.4 Å². The number of amides is 2. The van der Waals surface area contributed by atoms with Crippen molar-refractivity contribution in [2.75, 3.05) is 5.32 Å². The maximum Gasteiger partial charge on any atom is 0.573 e. The summed E-state index contributed by atoms with van der Waals surface area (Å²) in [5.74, 6) is -0.0334. The second kappa shape index (κ2) is 11.5. The Morgan fingerprint density at radius 2 is 1.85 bits per heavy atom. The summed E-state index contributed by atoms with van der Waals surface area (Å²) in [7, 11) is 0. The van der Waals surface area contributed by atoms with E-state index in [4.69, 9.17) is 0 Å². The molecule has 2 amide bonds. The Morgan fingerprint density at radius 3 is 2.59 bits per heavy atom. The van der Waals surface area contributed by atoms with Crippen LogP contribution in [-0.4, -0.2) is 33.1 Å². The Bertz CT molecular complexity index is 1750. The monoisotopic (exact) mass is 578 g/mol. The van der Waals surface area contributed by atoms with Crippen LogP contribution < -0.4 is 14.8 Å². The Labute approximate surface area is 237 Å². The summed E-state index contributed by atoms with van der Waals surface area (Å²) in [6.45, 7) is 6.11. The molecule has 0 saturated heterocycles. The quantitative estimate of drug-likeness (QED) is 0.152. The van der Waals surface area contributed by atoms with Gasteiger partial charge in [0.25, 0.3) is 0 Å². The summed E-state index contributed by atoms with van der Waals surface area (Å²) in [4.78, 5) is 21.5. The summed E-state index contributed by atoms with van der Waals surface area (Å²) in [6.07, 6.45) is -1.60. The predicted molar refractivity (Wildman–Crippen MR) is 156 cm³/mol. The number of carbonyl (C=O) groups excluding carboxylic acids is 1. The van der Waals surface area contributed by atoms with Gasteiger partial charge in [0.2, 0.25) is 0 Å². The highest BCUT2D eigenvalue weighted by atomic mass is 32.2. The molecule has 0 radical (unpaired) electrons. The van der Waals surface area contributed by atoms with Crippen molar-refractivity contribution in [3.05, 3.63) is 89.9 Å². The fraction of sp³-hybridized carbons (Fsp3) is 0.172. The highest BCUT2D eigenvalue weighted by Crippen LogP contribution is 2.28. The van der Waals surface area contributed by atoms with E-state index in [0.29, 0.717) is 22.4 Å². The van der Waals surface area contributed by atoms with Crippen molar-refractivity contribution >= 4 is 52.0 Å². The number of aromatic nitrogens is 3. The molecule has 0 fully saturated rings. The zero-order valence-corrected chi connectivity index (χ0v) is 23.0. The van der Waals surface area contributed by atoms with Crippen molar-refractivity contribution < 1.29 is 22.7 Å². The average Bonchev–Trinajstić information content (AvgIpc) is 3.35. The van der Waals surface area contributed by atoms with Gasteiger partial charge in [-0.1, -0.05) is 26.0 Å². The van der Waals surface area contributed by atoms with Gasteiger partial charge >= 0.3 is 12.4 Å². The van der Waals surface area contributed by atoms with Gasteiger partial charge in [-0.2, -0.15) is 0 Å². The summed E-state index contributed by atoms with van der Waals surface area (Å²) < 4.78 is 50.0. The molecule has 0 unspecified atom stereocenters. The highest BCUT2D eigenvalue weighted by molar-refractivity contribution is 7.96. The van der Waals surface area contributed by atoms with E-state index in [2.05, 4.69) is 43.0 Å². The number of aryl methyl sites for hydroxylation is 1. The van der Waals surface area contributed by atoms with Gasteiger partial charge in [0.15, 0.2) is 0 Å². The number of pyridine rings is 1. The number of hydrogen-bond donors (Lipinski definition) is 2. The van der Waals surface area contributed by atoms with E-state index in [0.717, 1.165) is 39.9 Å². The van der Waals surface area contributed by atoms with E-state index in [9.17, 15) is 18.0 Å². The lowest BCUT2D eigenvalue weighted by molar-refractivity contribution is -0.274. The Balaban J connectivity index is 1.26. The van der Waals surface area contributed by atoms with Gasteiger partial charge in [-0.15, -0.1) is 13.2 Å². The van der Waals surface area contributed by atoms with Gasteiger partial charge in [-0.25, -0.2) is 19.2 Å². The molecule has 0 aliphatic carbocycles. The van der Waals surface area contributed by atoms with Crippen LogP contribution in [0.4, 0.5) is 23.7 Å². The van der Waals surface area contributed by atoms with E-state index in [1.807, 2.05) is 43.3 Å². The first-order valence-electron chi connectivity index (χ1n) is 12.6.